The molecule has 37 heavy (non-hydrogen) atoms. The highest BCUT2D eigenvalue weighted by Gasteiger charge is 2.31. The Balaban J connectivity index is 1.50. The highest BCUT2D eigenvalue weighted by Crippen LogP contribution is 2.34. The van der Waals surface area contributed by atoms with Crippen LogP contribution in [0.5, 0.6) is 5.75 Å². The first kappa shape index (κ1) is 28.3. The molecule has 0 radical (unpaired) electrons. The molecule has 0 aliphatic rings. The molecule has 0 bridgehead atoms. The predicted molar refractivity (Wildman–Crippen MR) is 135 cm³/mol. The van der Waals surface area contributed by atoms with Gasteiger partial charge in [-0.2, -0.15) is 13.2 Å². The van der Waals surface area contributed by atoms with Crippen LogP contribution in [0.4, 0.5) is 18.9 Å². The molecule has 1 heterocycles. The second kappa shape index (κ2) is 12.3. The van der Waals surface area contributed by atoms with E-state index in [4.69, 9.17) is 16.3 Å². The molecule has 0 saturated carbocycles. The number of carbonyl (C=O) groups excluding carboxylic acids is 2. The Morgan fingerprint density at radius 2 is 1.86 bits per heavy atom. The van der Waals surface area contributed by atoms with Crippen LogP contribution in [0.15, 0.2) is 47.6 Å². The van der Waals surface area contributed by atoms with E-state index in [0.717, 1.165) is 41.9 Å². The average Bonchev–Trinajstić information content (AvgIpc) is 3.21. The van der Waals surface area contributed by atoms with Gasteiger partial charge in [0.15, 0.2) is 17.1 Å². The summed E-state index contributed by atoms with van der Waals surface area (Å²) in [6, 6.07) is 10.2. The third-order valence-electron chi connectivity index (χ3n) is 5.26. The first-order valence-electron chi connectivity index (χ1n) is 11.2. The van der Waals surface area contributed by atoms with Crippen LogP contribution in [0.1, 0.15) is 30.8 Å². The minimum Gasteiger partial charge on any atom is -0.481 e. The van der Waals surface area contributed by atoms with E-state index in [1.165, 1.54) is 0 Å². The number of ether oxygens (including phenoxy) is 1. The maximum atomic E-state index is 12.9. The number of anilines is 1. The van der Waals surface area contributed by atoms with Crippen molar-refractivity contribution < 1.29 is 27.5 Å². The first-order chi connectivity index (χ1) is 17.5. The number of nitrogens with one attached hydrogen (secondary N) is 2. The SMILES string of the molecule is CCc1ccc(O[C@H](C)C(=O)NCc2nnc(SCC(=O)Nc3cc(C(F)(F)F)ccc3Cl)n2C)cc1. The lowest BCUT2D eigenvalue weighted by Gasteiger charge is -2.15. The van der Waals surface area contributed by atoms with Gasteiger partial charge in [-0.1, -0.05) is 42.4 Å². The number of nitrogens with zero attached hydrogens (tertiary/aromatic N) is 3. The van der Waals surface area contributed by atoms with Gasteiger partial charge in [-0.05, 0) is 49.2 Å². The summed E-state index contributed by atoms with van der Waals surface area (Å²) in [5.41, 5.74) is 0.104. The number of aromatic nitrogens is 3. The number of carbonyl (C=O) groups is 2. The Morgan fingerprint density at radius 3 is 2.51 bits per heavy atom. The van der Waals surface area contributed by atoms with Crippen molar-refractivity contribution in [2.24, 2.45) is 7.05 Å². The van der Waals surface area contributed by atoms with Gasteiger partial charge in [-0.25, -0.2) is 0 Å². The topological polar surface area (TPSA) is 98.1 Å². The van der Waals surface area contributed by atoms with Crippen molar-refractivity contribution in [1.82, 2.24) is 20.1 Å². The Labute approximate surface area is 220 Å². The summed E-state index contributed by atoms with van der Waals surface area (Å²) in [6.45, 7) is 3.77. The summed E-state index contributed by atoms with van der Waals surface area (Å²) in [6.07, 6.45) is -4.39. The van der Waals surface area contributed by atoms with E-state index in [9.17, 15) is 22.8 Å². The third-order valence-corrected chi connectivity index (χ3v) is 6.61. The quantitative estimate of drug-likeness (QED) is 0.347. The number of hydrogen-bond acceptors (Lipinski definition) is 6. The van der Waals surface area contributed by atoms with Gasteiger partial charge in [0.25, 0.3) is 5.91 Å². The van der Waals surface area contributed by atoms with E-state index < -0.39 is 23.8 Å². The number of thioether (sulfide) groups is 1. The number of hydrogen-bond donors (Lipinski definition) is 2. The van der Waals surface area contributed by atoms with Gasteiger partial charge in [0.1, 0.15) is 5.75 Å². The third kappa shape index (κ3) is 7.86. The number of alkyl halides is 3. The molecule has 1 atom stereocenters. The molecule has 8 nitrogen and oxygen atoms in total. The number of rotatable bonds is 10. The van der Waals surface area contributed by atoms with Crippen molar-refractivity contribution in [2.45, 2.75) is 44.2 Å². The van der Waals surface area contributed by atoms with E-state index in [1.54, 1.807) is 18.5 Å². The summed E-state index contributed by atoms with van der Waals surface area (Å²) < 4.78 is 46.0. The average molecular weight is 556 g/mol. The maximum absolute atomic E-state index is 12.9. The molecule has 2 N–H and O–H groups in total. The molecule has 0 aliphatic heterocycles. The maximum Gasteiger partial charge on any atom is 0.416 e. The van der Waals surface area contributed by atoms with Gasteiger partial charge in [0.2, 0.25) is 5.91 Å². The summed E-state index contributed by atoms with van der Waals surface area (Å²) in [7, 11) is 1.67. The highest BCUT2D eigenvalue weighted by atomic mass is 35.5. The molecule has 0 saturated heterocycles. The van der Waals surface area contributed by atoms with Crippen molar-refractivity contribution in [3.63, 3.8) is 0 Å². The van der Waals surface area contributed by atoms with Gasteiger partial charge in [0, 0.05) is 7.05 Å². The van der Waals surface area contributed by atoms with Gasteiger partial charge in [-0.15, -0.1) is 10.2 Å². The number of halogens is 4. The van der Waals surface area contributed by atoms with Crippen LogP contribution >= 0.6 is 23.4 Å². The second-order valence-electron chi connectivity index (χ2n) is 7.96. The summed E-state index contributed by atoms with van der Waals surface area (Å²) in [4.78, 5) is 24.7. The van der Waals surface area contributed by atoms with Crippen molar-refractivity contribution in [2.75, 3.05) is 11.1 Å². The van der Waals surface area contributed by atoms with Gasteiger partial charge in [0.05, 0.1) is 28.6 Å². The summed E-state index contributed by atoms with van der Waals surface area (Å²) >= 11 is 6.95. The van der Waals surface area contributed by atoms with Gasteiger partial charge < -0.3 is 19.9 Å². The molecule has 3 rings (SSSR count). The van der Waals surface area contributed by atoms with E-state index in [2.05, 4.69) is 20.8 Å². The fraction of sp³-hybridized carbons (Fsp3) is 0.333. The van der Waals surface area contributed by atoms with Crippen LogP contribution < -0.4 is 15.4 Å². The monoisotopic (exact) mass is 555 g/mol. The standard InChI is InChI=1S/C24H25ClF3N5O3S/c1-4-15-5-8-17(9-6-15)36-14(2)22(35)29-12-20-31-32-23(33(20)3)37-13-21(34)30-19-11-16(24(26,27)28)7-10-18(19)25/h5-11,14H,4,12-13H2,1-3H3,(H,29,35)(H,30,34)/t14-/m1/s1. The first-order valence-corrected chi connectivity index (χ1v) is 12.5. The van der Waals surface area contributed by atoms with Crippen LogP contribution in [0.2, 0.25) is 5.02 Å². The minimum absolute atomic E-state index is 0.0146. The smallest absolute Gasteiger partial charge is 0.416 e. The normalized spacial score (nSPS) is 12.2. The molecule has 0 spiro atoms. The minimum atomic E-state index is -4.56. The molecule has 0 fully saturated rings. The molecular formula is C24H25ClF3N5O3S. The lowest BCUT2D eigenvalue weighted by atomic mass is 10.2. The van der Waals surface area contributed by atoms with Crippen molar-refractivity contribution >= 4 is 40.9 Å². The van der Waals surface area contributed by atoms with Crippen LogP contribution in [-0.2, 0) is 35.8 Å². The van der Waals surface area contributed by atoms with Crippen molar-refractivity contribution in [1.29, 1.82) is 0 Å². The van der Waals surface area contributed by atoms with E-state index in [1.807, 2.05) is 31.2 Å². The molecule has 1 aromatic heterocycles. The number of aryl methyl sites for hydroxylation is 1. The van der Waals surface area contributed by atoms with Gasteiger partial charge in [-0.3, -0.25) is 9.59 Å². The molecule has 3 aromatic rings. The fourth-order valence-corrected chi connectivity index (χ4v) is 4.00. The molecule has 2 aromatic carbocycles. The fourth-order valence-electron chi connectivity index (χ4n) is 3.11. The zero-order valence-corrected chi connectivity index (χ0v) is 21.8. The van der Waals surface area contributed by atoms with E-state index >= 15 is 0 Å². The molecular weight excluding hydrogens is 531 g/mol. The Bertz CT molecular complexity index is 1250. The molecule has 13 heteroatoms. The largest absolute Gasteiger partial charge is 0.481 e. The molecule has 2 amide bonds. The van der Waals surface area contributed by atoms with Crippen LogP contribution in [-0.4, -0.2) is 38.4 Å². The number of benzene rings is 2. The molecule has 198 valence electrons. The van der Waals surface area contributed by atoms with Crippen LogP contribution in [0.25, 0.3) is 0 Å². The Morgan fingerprint density at radius 1 is 1.16 bits per heavy atom. The van der Waals surface area contributed by atoms with Crippen molar-refractivity contribution in [3.05, 3.63) is 64.4 Å². The Hall–Kier alpha value is -3.25. The molecule has 0 unspecified atom stereocenters. The lowest BCUT2D eigenvalue weighted by Crippen LogP contribution is -2.36. The van der Waals surface area contributed by atoms with Gasteiger partial charge >= 0.3 is 6.18 Å². The van der Waals surface area contributed by atoms with Crippen molar-refractivity contribution in [3.8, 4) is 5.75 Å². The zero-order chi connectivity index (χ0) is 27.2. The van der Waals surface area contributed by atoms with Crippen LogP contribution in [0, 0.1) is 0 Å². The van der Waals surface area contributed by atoms with E-state index in [0.29, 0.717) is 16.7 Å². The summed E-state index contributed by atoms with van der Waals surface area (Å²) in [5, 5.41) is 13.5. The van der Waals surface area contributed by atoms with Crippen LogP contribution in [0.3, 0.4) is 0 Å². The lowest BCUT2D eigenvalue weighted by molar-refractivity contribution is -0.137. The number of amides is 2. The summed E-state index contributed by atoms with van der Waals surface area (Å²) in [5.74, 6) is -0.0261. The van der Waals surface area contributed by atoms with E-state index in [-0.39, 0.29) is 28.9 Å². The molecule has 0 aliphatic carbocycles. The Kier molecular flexibility index (Phi) is 9.44. The predicted octanol–water partition coefficient (Wildman–Crippen LogP) is 4.86. The zero-order valence-electron chi connectivity index (χ0n) is 20.2. The highest BCUT2D eigenvalue weighted by molar-refractivity contribution is 7.99. The second-order valence-corrected chi connectivity index (χ2v) is 9.31.